The Morgan fingerprint density at radius 2 is 1.88 bits per heavy atom. The third kappa shape index (κ3) is 3.91. The highest BCUT2D eigenvalue weighted by Gasteiger charge is 2.45. The molecule has 2 aromatic carbocycles. The van der Waals surface area contributed by atoms with Crippen LogP contribution in [0.3, 0.4) is 0 Å². The Kier molecular flexibility index (Phi) is 5.85. The molecular weight excluding hydrogens is 414 g/mol. The molecular formula is C24H23NO7. The highest BCUT2D eigenvalue weighted by Crippen LogP contribution is 2.41. The summed E-state index contributed by atoms with van der Waals surface area (Å²) >= 11 is 0. The van der Waals surface area contributed by atoms with Crippen LogP contribution in [0.4, 0.5) is 0 Å². The minimum Gasteiger partial charge on any atom is -0.507 e. The molecule has 0 spiro atoms. The average molecular weight is 437 g/mol. The number of carbonyl (C=O) groups excluding carboxylic acids is 3. The second-order valence-electron chi connectivity index (χ2n) is 7.52. The molecule has 2 aromatic rings. The van der Waals surface area contributed by atoms with Gasteiger partial charge in [-0.15, -0.1) is 0 Å². The van der Waals surface area contributed by atoms with E-state index in [-0.39, 0.29) is 17.1 Å². The molecule has 166 valence electrons. The molecule has 1 amide bonds. The minimum absolute atomic E-state index is 0.0277. The summed E-state index contributed by atoms with van der Waals surface area (Å²) in [5.74, 6) is -0.955. The van der Waals surface area contributed by atoms with Crippen LogP contribution in [0.15, 0.2) is 48.0 Å². The number of esters is 1. The molecule has 0 aliphatic carbocycles. The molecule has 1 atom stereocenters. The summed E-state index contributed by atoms with van der Waals surface area (Å²) < 4.78 is 16.3. The number of likely N-dealkylation sites (tertiary alicyclic amines) is 1. The van der Waals surface area contributed by atoms with Gasteiger partial charge < -0.3 is 24.2 Å². The largest absolute Gasteiger partial charge is 0.507 e. The number of ether oxygens (including phenoxy) is 3. The maximum Gasteiger partial charge on any atom is 0.308 e. The molecule has 32 heavy (non-hydrogen) atoms. The first-order valence-corrected chi connectivity index (χ1v) is 10.4. The van der Waals surface area contributed by atoms with Crippen LogP contribution < -0.4 is 14.2 Å². The molecule has 0 saturated carbocycles. The fraction of sp³-hybridized carbons (Fsp3) is 0.292. The maximum atomic E-state index is 13.0. The van der Waals surface area contributed by atoms with Crippen molar-refractivity contribution in [2.45, 2.75) is 26.3 Å². The van der Waals surface area contributed by atoms with Crippen LogP contribution in [0.5, 0.6) is 17.2 Å². The van der Waals surface area contributed by atoms with Crippen molar-refractivity contribution in [1.29, 1.82) is 0 Å². The van der Waals surface area contributed by atoms with Crippen LogP contribution in [0.25, 0.3) is 5.76 Å². The Balaban J connectivity index is 1.84. The average Bonchev–Trinajstić information content (AvgIpc) is 3.03. The third-order valence-electron chi connectivity index (χ3n) is 5.26. The Morgan fingerprint density at radius 1 is 1.12 bits per heavy atom. The molecule has 2 aliphatic heterocycles. The van der Waals surface area contributed by atoms with Gasteiger partial charge in [0.25, 0.3) is 11.7 Å². The number of aliphatic hydroxyl groups excluding tert-OH is 1. The van der Waals surface area contributed by atoms with Crippen molar-refractivity contribution in [2.75, 3.05) is 19.8 Å². The Morgan fingerprint density at radius 3 is 2.59 bits per heavy atom. The van der Waals surface area contributed by atoms with Gasteiger partial charge in [0.15, 0.2) is 11.5 Å². The Hall–Kier alpha value is -3.81. The van der Waals surface area contributed by atoms with Gasteiger partial charge in [0.05, 0.1) is 11.6 Å². The second kappa shape index (κ2) is 8.74. The first-order chi connectivity index (χ1) is 15.4. The molecule has 1 N–H and O–H groups in total. The summed E-state index contributed by atoms with van der Waals surface area (Å²) in [7, 11) is 0. The number of hydrogen-bond acceptors (Lipinski definition) is 7. The summed E-state index contributed by atoms with van der Waals surface area (Å²) in [6.07, 6.45) is 0.622. The molecule has 1 saturated heterocycles. The normalized spacial score (nSPS) is 19.2. The van der Waals surface area contributed by atoms with Gasteiger partial charge in [0.1, 0.15) is 24.7 Å². The van der Waals surface area contributed by atoms with Crippen LogP contribution in [0, 0.1) is 0 Å². The predicted molar refractivity (Wildman–Crippen MR) is 114 cm³/mol. The van der Waals surface area contributed by atoms with Crippen molar-refractivity contribution >= 4 is 23.4 Å². The summed E-state index contributed by atoms with van der Waals surface area (Å²) in [4.78, 5) is 38.6. The number of nitrogens with zero attached hydrogens (tertiary/aromatic N) is 1. The van der Waals surface area contributed by atoms with E-state index in [4.69, 9.17) is 14.2 Å². The maximum absolute atomic E-state index is 13.0. The van der Waals surface area contributed by atoms with Gasteiger partial charge in [-0.1, -0.05) is 19.1 Å². The minimum atomic E-state index is -0.821. The van der Waals surface area contributed by atoms with E-state index in [1.54, 1.807) is 42.5 Å². The number of carbonyl (C=O) groups is 3. The van der Waals surface area contributed by atoms with Crippen LogP contribution in [0.2, 0.25) is 0 Å². The molecule has 0 bridgehead atoms. The van der Waals surface area contributed by atoms with Crippen molar-refractivity contribution < 1.29 is 33.7 Å². The van der Waals surface area contributed by atoms with Crippen LogP contribution in [0.1, 0.15) is 37.4 Å². The van der Waals surface area contributed by atoms with E-state index in [0.717, 1.165) is 0 Å². The van der Waals surface area contributed by atoms with Gasteiger partial charge in [-0.05, 0) is 42.3 Å². The molecule has 8 nitrogen and oxygen atoms in total. The standard InChI is InChI=1S/C24H23NO7/c1-3-9-25-21(15-5-4-6-17(12-15)32-14(2)26)20(23(28)24(25)29)22(27)16-7-8-18-19(13-16)31-11-10-30-18/h4-8,12-13,21,27H,3,9-11H2,1-2H3/b22-20-. The Bertz CT molecular complexity index is 1120. The van der Waals surface area contributed by atoms with Crippen LogP contribution in [-0.4, -0.2) is 47.4 Å². The van der Waals surface area contributed by atoms with E-state index in [1.165, 1.54) is 11.8 Å². The van der Waals surface area contributed by atoms with E-state index < -0.39 is 23.7 Å². The number of fused-ring (bicyclic) bond motifs is 1. The lowest BCUT2D eigenvalue weighted by Crippen LogP contribution is -2.30. The van der Waals surface area contributed by atoms with Gasteiger partial charge in [-0.3, -0.25) is 14.4 Å². The lowest BCUT2D eigenvalue weighted by Gasteiger charge is -2.25. The van der Waals surface area contributed by atoms with Gasteiger partial charge >= 0.3 is 5.97 Å². The number of ketones is 1. The molecule has 2 heterocycles. The molecule has 1 fully saturated rings. The second-order valence-corrected chi connectivity index (χ2v) is 7.52. The summed E-state index contributed by atoms with van der Waals surface area (Å²) in [6, 6.07) is 10.6. The van der Waals surface area contributed by atoms with Crippen molar-refractivity contribution in [2.24, 2.45) is 0 Å². The van der Waals surface area contributed by atoms with Crippen molar-refractivity contribution in [3.8, 4) is 17.2 Å². The highest BCUT2D eigenvalue weighted by atomic mass is 16.6. The number of amides is 1. The zero-order valence-corrected chi connectivity index (χ0v) is 17.8. The SMILES string of the molecule is CCCN1C(=O)C(=O)/C(=C(\O)c2ccc3c(c2)OCCO3)C1c1cccc(OC(C)=O)c1. The summed E-state index contributed by atoms with van der Waals surface area (Å²) in [5.41, 5.74) is 0.862. The van der Waals surface area contributed by atoms with Gasteiger partial charge in [0.2, 0.25) is 0 Å². The number of aliphatic hydroxyl groups is 1. The summed E-state index contributed by atoms with van der Waals surface area (Å²) in [5, 5.41) is 11.1. The molecule has 0 aromatic heterocycles. The van der Waals surface area contributed by atoms with E-state index in [0.29, 0.717) is 48.8 Å². The van der Waals surface area contributed by atoms with Gasteiger partial charge in [-0.2, -0.15) is 0 Å². The fourth-order valence-corrected chi connectivity index (χ4v) is 3.96. The molecule has 1 unspecified atom stereocenters. The Labute approximate surface area is 185 Å². The zero-order chi connectivity index (χ0) is 22.8. The smallest absolute Gasteiger partial charge is 0.308 e. The molecule has 4 rings (SSSR count). The quantitative estimate of drug-likeness (QED) is 0.252. The van der Waals surface area contributed by atoms with E-state index in [1.807, 2.05) is 6.92 Å². The van der Waals surface area contributed by atoms with Gasteiger partial charge in [0, 0.05) is 19.0 Å². The lowest BCUT2D eigenvalue weighted by atomic mass is 9.95. The topological polar surface area (TPSA) is 102 Å². The van der Waals surface area contributed by atoms with Crippen molar-refractivity contribution in [1.82, 2.24) is 4.90 Å². The monoisotopic (exact) mass is 437 g/mol. The number of Topliss-reactive ketones (excluding diaryl/α,β-unsaturated/α-hetero) is 1. The van der Waals surface area contributed by atoms with Crippen molar-refractivity contribution in [3.63, 3.8) is 0 Å². The van der Waals surface area contributed by atoms with E-state index in [9.17, 15) is 19.5 Å². The third-order valence-corrected chi connectivity index (χ3v) is 5.26. The fourth-order valence-electron chi connectivity index (χ4n) is 3.96. The summed E-state index contributed by atoms with van der Waals surface area (Å²) in [6.45, 7) is 4.31. The first kappa shape index (κ1) is 21.4. The van der Waals surface area contributed by atoms with E-state index >= 15 is 0 Å². The van der Waals surface area contributed by atoms with Gasteiger partial charge in [-0.25, -0.2) is 0 Å². The van der Waals surface area contributed by atoms with Crippen LogP contribution >= 0.6 is 0 Å². The number of rotatable bonds is 5. The highest BCUT2D eigenvalue weighted by molar-refractivity contribution is 6.46. The molecule has 8 heteroatoms. The number of hydrogen-bond donors (Lipinski definition) is 1. The lowest BCUT2D eigenvalue weighted by molar-refractivity contribution is -0.139. The predicted octanol–water partition coefficient (Wildman–Crippen LogP) is 3.21. The molecule has 2 aliphatic rings. The molecule has 0 radical (unpaired) electrons. The number of benzene rings is 2. The zero-order valence-electron chi connectivity index (χ0n) is 17.8. The van der Waals surface area contributed by atoms with E-state index in [2.05, 4.69) is 0 Å². The first-order valence-electron chi connectivity index (χ1n) is 10.4. The van der Waals surface area contributed by atoms with Crippen molar-refractivity contribution in [3.05, 3.63) is 59.2 Å². The van der Waals surface area contributed by atoms with Crippen LogP contribution in [-0.2, 0) is 14.4 Å².